The fourth-order valence-electron chi connectivity index (χ4n) is 4.96. The Kier molecular flexibility index (Phi) is 10.8. The summed E-state index contributed by atoms with van der Waals surface area (Å²) in [5.41, 5.74) is 1.34. The minimum absolute atomic E-state index is 0.0539. The zero-order valence-electron chi connectivity index (χ0n) is 26.9. The third kappa shape index (κ3) is 8.51. The van der Waals surface area contributed by atoms with Crippen molar-refractivity contribution in [3.63, 3.8) is 0 Å². The number of pyridine rings is 1. The van der Waals surface area contributed by atoms with Crippen LogP contribution in [-0.2, 0) is 14.3 Å². The fraction of sp³-hybridized carbons (Fsp3) is 0.353. The molecule has 11 nitrogen and oxygen atoms in total. The smallest absolute Gasteiger partial charge is 0.411 e. The predicted molar refractivity (Wildman–Crippen MR) is 178 cm³/mol. The number of piperazine rings is 1. The first-order chi connectivity index (χ1) is 21.7. The van der Waals surface area contributed by atoms with Gasteiger partial charge in [0.25, 0.3) is 11.6 Å². The number of ether oxygens (including phenoxy) is 1. The highest BCUT2D eigenvalue weighted by Gasteiger charge is 2.40. The molecule has 0 spiro atoms. The molecule has 1 unspecified atom stereocenters. The molecule has 2 aromatic carbocycles. The van der Waals surface area contributed by atoms with Gasteiger partial charge in [0, 0.05) is 55.3 Å². The SMILES string of the molecule is CC(C)c1ccccc1Sc1ccc(C=CC(=O)N2CCN(C(=O)OC(C)(C)C)C(C(=O)N(C)c3ccncc3)C2)cc1[N+](=O)[O-]. The van der Waals surface area contributed by atoms with Gasteiger partial charge in [0.05, 0.1) is 16.4 Å². The van der Waals surface area contributed by atoms with Crippen LogP contribution in [-0.4, -0.2) is 75.9 Å². The van der Waals surface area contributed by atoms with Crippen molar-refractivity contribution in [2.45, 2.75) is 62.0 Å². The van der Waals surface area contributed by atoms with Crippen LogP contribution in [0.1, 0.15) is 51.7 Å². The molecule has 3 amide bonds. The van der Waals surface area contributed by atoms with Gasteiger partial charge in [-0.1, -0.05) is 49.9 Å². The quantitative estimate of drug-likeness (QED) is 0.157. The molecule has 1 atom stereocenters. The normalized spacial score (nSPS) is 15.2. The lowest BCUT2D eigenvalue weighted by Crippen LogP contribution is -2.62. The first-order valence-corrected chi connectivity index (χ1v) is 15.8. The van der Waals surface area contributed by atoms with Crippen LogP contribution in [0.5, 0.6) is 0 Å². The Morgan fingerprint density at radius 2 is 1.76 bits per heavy atom. The highest BCUT2D eigenvalue weighted by molar-refractivity contribution is 7.99. The molecular weight excluding hydrogens is 606 g/mol. The van der Waals surface area contributed by atoms with Gasteiger partial charge < -0.3 is 14.5 Å². The van der Waals surface area contributed by atoms with Gasteiger partial charge in [0.2, 0.25) is 5.91 Å². The minimum Gasteiger partial charge on any atom is -0.444 e. The lowest BCUT2D eigenvalue weighted by molar-refractivity contribution is -0.387. The summed E-state index contributed by atoms with van der Waals surface area (Å²) in [5.74, 6) is -0.519. The van der Waals surface area contributed by atoms with Crippen LogP contribution < -0.4 is 4.90 Å². The minimum atomic E-state index is -0.995. The molecule has 1 aromatic heterocycles. The number of anilines is 1. The van der Waals surface area contributed by atoms with Gasteiger partial charge >= 0.3 is 6.09 Å². The number of rotatable bonds is 8. The zero-order valence-corrected chi connectivity index (χ0v) is 27.7. The van der Waals surface area contributed by atoms with E-state index in [-0.39, 0.29) is 43.1 Å². The van der Waals surface area contributed by atoms with E-state index >= 15 is 0 Å². The van der Waals surface area contributed by atoms with Crippen LogP contribution in [0, 0.1) is 10.1 Å². The third-order valence-electron chi connectivity index (χ3n) is 7.34. The molecular formula is C34H39N5O6S. The van der Waals surface area contributed by atoms with E-state index in [0.29, 0.717) is 16.1 Å². The number of carbonyl (C=O) groups is 3. The van der Waals surface area contributed by atoms with Crippen molar-refractivity contribution in [1.29, 1.82) is 0 Å². The number of aromatic nitrogens is 1. The Morgan fingerprint density at radius 1 is 1.07 bits per heavy atom. The van der Waals surface area contributed by atoms with E-state index in [2.05, 4.69) is 18.8 Å². The number of amides is 3. The van der Waals surface area contributed by atoms with Crippen molar-refractivity contribution in [2.24, 2.45) is 0 Å². The Labute approximate surface area is 273 Å². The summed E-state index contributed by atoms with van der Waals surface area (Å²) < 4.78 is 5.57. The van der Waals surface area contributed by atoms with Crippen molar-refractivity contribution < 1.29 is 24.0 Å². The largest absolute Gasteiger partial charge is 0.444 e. The molecule has 2 heterocycles. The molecule has 1 aliphatic heterocycles. The molecule has 0 saturated carbocycles. The van der Waals surface area contributed by atoms with Gasteiger partial charge in [-0.15, -0.1) is 0 Å². The second-order valence-corrected chi connectivity index (χ2v) is 13.3. The third-order valence-corrected chi connectivity index (χ3v) is 8.50. The average molecular weight is 646 g/mol. The molecule has 1 aliphatic rings. The van der Waals surface area contributed by atoms with Crippen LogP contribution in [0.25, 0.3) is 6.08 Å². The molecule has 0 bridgehead atoms. The predicted octanol–water partition coefficient (Wildman–Crippen LogP) is 6.39. The molecule has 3 aromatic rings. The van der Waals surface area contributed by atoms with Crippen molar-refractivity contribution in [3.8, 4) is 0 Å². The van der Waals surface area contributed by atoms with E-state index < -0.39 is 22.7 Å². The second-order valence-electron chi connectivity index (χ2n) is 12.2. The summed E-state index contributed by atoms with van der Waals surface area (Å²) in [6, 6.07) is 15.0. The summed E-state index contributed by atoms with van der Waals surface area (Å²) in [6.07, 6.45) is 5.33. The number of hydrogen-bond acceptors (Lipinski definition) is 8. The topological polar surface area (TPSA) is 126 Å². The zero-order chi connectivity index (χ0) is 33.6. The molecule has 1 saturated heterocycles. The van der Waals surface area contributed by atoms with Crippen molar-refractivity contribution in [3.05, 3.63) is 94.3 Å². The number of nitro benzene ring substituents is 1. The van der Waals surface area contributed by atoms with E-state index in [1.165, 1.54) is 44.7 Å². The van der Waals surface area contributed by atoms with Crippen molar-refractivity contribution in [1.82, 2.24) is 14.8 Å². The first-order valence-electron chi connectivity index (χ1n) is 14.9. The van der Waals surface area contributed by atoms with E-state index in [0.717, 1.165) is 10.5 Å². The summed E-state index contributed by atoms with van der Waals surface area (Å²) in [7, 11) is 1.60. The monoisotopic (exact) mass is 645 g/mol. The summed E-state index contributed by atoms with van der Waals surface area (Å²) in [5, 5.41) is 12.0. The molecule has 242 valence electrons. The number of carbonyl (C=O) groups excluding carboxylic acids is 3. The molecule has 4 rings (SSSR count). The van der Waals surface area contributed by atoms with Crippen LogP contribution in [0.3, 0.4) is 0 Å². The molecule has 0 aliphatic carbocycles. The fourth-order valence-corrected chi connectivity index (χ4v) is 6.14. The van der Waals surface area contributed by atoms with E-state index in [4.69, 9.17) is 4.74 Å². The highest BCUT2D eigenvalue weighted by Crippen LogP contribution is 2.39. The van der Waals surface area contributed by atoms with Gasteiger partial charge in [0.15, 0.2) is 0 Å². The molecule has 46 heavy (non-hydrogen) atoms. The van der Waals surface area contributed by atoms with Gasteiger partial charge in [-0.2, -0.15) is 0 Å². The number of hydrogen-bond donors (Lipinski definition) is 0. The van der Waals surface area contributed by atoms with Gasteiger partial charge in [-0.25, -0.2) is 4.79 Å². The Balaban J connectivity index is 1.53. The van der Waals surface area contributed by atoms with Gasteiger partial charge in [-0.3, -0.25) is 29.6 Å². The van der Waals surface area contributed by atoms with Crippen LogP contribution >= 0.6 is 11.8 Å². The second kappa shape index (κ2) is 14.6. The van der Waals surface area contributed by atoms with Crippen LogP contribution in [0.2, 0.25) is 0 Å². The number of benzene rings is 2. The van der Waals surface area contributed by atoms with Crippen molar-refractivity contribution in [2.75, 3.05) is 31.6 Å². The lowest BCUT2D eigenvalue weighted by atomic mass is 10.0. The van der Waals surface area contributed by atoms with Gasteiger partial charge in [0.1, 0.15) is 11.6 Å². The maximum atomic E-state index is 13.7. The molecule has 12 heteroatoms. The maximum Gasteiger partial charge on any atom is 0.411 e. The molecule has 0 radical (unpaired) electrons. The molecule has 1 fully saturated rings. The lowest BCUT2D eigenvalue weighted by Gasteiger charge is -2.41. The maximum absolute atomic E-state index is 13.7. The van der Waals surface area contributed by atoms with E-state index in [1.54, 1.807) is 64.5 Å². The van der Waals surface area contributed by atoms with E-state index in [9.17, 15) is 24.5 Å². The summed E-state index contributed by atoms with van der Waals surface area (Å²) >= 11 is 1.34. The summed E-state index contributed by atoms with van der Waals surface area (Å²) in [6.45, 7) is 9.60. The first kappa shape index (κ1) is 34.2. The standard InChI is InChI=1S/C34H39N5O6S/c1-23(2)26-9-7-8-10-29(26)46-30-13-11-24(21-27(30)39(43)44)12-14-31(40)37-19-20-38(33(42)45-34(3,4)5)28(22-37)32(41)36(6)25-15-17-35-18-16-25/h7-18,21,23,28H,19-20,22H2,1-6H3. The number of nitro groups is 1. The number of likely N-dealkylation sites (N-methyl/N-ethyl adjacent to an activating group) is 1. The Bertz CT molecular complexity index is 1620. The van der Waals surface area contributed by atoms with Crippen LogP contribution in [0.4, 0.5) is 16.2 Å². The highest BCUT2D eigenvalue weighted by atomic mass is 32.2. The average Bonchev–Trinajstić information content (AvgIpc) is 3.02. The summed E-state index contributed by atoms with van der Waals surface area (Å²) in [4.78, 5) is 61.4. The Morgan fingerprint density at radius 3 is 2.41 bits per heavy atom. The van der Waals surface area contributed by atoms with Crippen LogP contribution in [0.15, 0.2) is 82.9 Å². The molecule has 0 N–H and O–H groups in total. The number of nitrogens with zero attached hydrogens (tertiary/aromatic N) is 5. The van der Waals surface area contributed by atoms with E-state index in [1.807, 2.05) is 24.3 Å². The Hall–Kier alpha value is -4.71. The van der Waals surface area contributed by atoms with Crippen molar-refractivity contribution >= 4 is 47.1 Å². The van der Waals surface area contributed by atoms with Gasteiger partial charge in [-0.05, 0) is 68.2 Å².